The third-order valence-corrected chi connectivity index (χ3v) is 2.67. The molecular formula is C11H14N2O4. The Bertz CT molecular complexity index is 418. The SMILES string of the molecule is COc1ccc(COC2CNC2)cc1[N+](=O)[O-]. The van der Waals surface area contributed by atoms with Crippen LogP contribution in [0.2, 0.25) is 0 Å². The van der Waals surface area contributed by atoms with Crippen LogP contribution in [0.25, 0.3) is 0 Å². The van der Waals surface area contributed by atoms with Gasteiger partial charge in [0.05, 0.1) is 24.7 Å². The largest absolute Gasteiger partial charge is 0.490 e. The van der Waals surface area contributed by atoms with Crippen LogP contribution in [0.3, 0.4) is 0 Å². The highest BCUT2D eigenvalue weighted by Crippen LogP contribution is 2.27. The number of nitrogens with one attached hydrogen (secondary N) is 1. The average Bonchev–Trinajstić information content (AvgIpc) is 2.26. The lowest BCUT2D eigenvalue weighted by atomic mass is 10.2. The van der Waals surface area contributed by atoms with Crippen molar-refractivity contribution >= 4 is 5.69 Å². The van der Waals surface area contributed by atoms with Gasteiger partial charge in [0.2, 0.25) is 0 Å². The number of benzene rings is 1. The Balaban J connectivity index is 2.06. The smallest absolute Gasteiger partial charge is 0.311 e. The molecule has 1 aromatic carbocycles. The van der Waals surface area contributed by atoms with Gasteiger partial charge in [-0.2, -0.15) is 0 Å². The third kappa shape index (κ3) is 2.72. The Kier molecular flexibility index (Phi) is 3.55. The molecule has 92 valence electrons. The second kappa shape index (κ2) is 5.11. The first-order valence-corrected chi connectivity index (χ1v) is 5.34. The van der Waals surface area contributed by atoms with Crippen LogP contribution in [0.15, 0.2) is 18.2 Å². The molecule has 0 spiro atoms. The van der Waals surface area contributed by atoms with Gasteiger partial charge in [0.15, 0.2) is 5.75 Å². The summed E-state index contributed by atoms with van der Waals surface area (Å²) in [6, 6.07) is 4.86. The van der Waals surface area contributed by atoms with Crippen molar-refractivity contribution in [1.29, 1.82) is 0 Å². The van der Waals surface area contributed by atoms with Gasteiger partial charge >= 0.3 is 5.69 Å². The van der Waals surface area contributed by atoms with E-state index < -0.39 is 4.92 Å². The van der Waals surface area contributed by atoms with Crippen LogP contribution >= 0.6 is 0 Å². The van der Waals surface area contributed by atoms with Gasteiger partial charge in [-0.1, -0.05) is 6.07 Å². The van der Waals surface area contributed by atoms with Crippen LogP contribution < -0.4 is 10.1 Å². The molecule has 6 heteroatoms. The van der Waals surface area contributed by atoms with Gasteiger partial charge in [-0.25, -0.2) is 0 Å². The summed E-state index contributed by atoms with van der Waals surface area (Å²) in [5, 5.41) is 13.9. The van der Waals surface area contributed by atoms with Crippen molar-refractivity contribution in [3.8, 4) is 5.75 Å². The fraction of sp³-hybridized carbons (Fsp3) is 0.455. The van der Waals surface area contributed by atoms with Crippen LogP contribution in [0.5, 0.6) is 5.75 Å². The zero-order valence-corrected chi connectivity index (χ0v) is 9.51. The van der Waals surface area contributed by atoms with Gasteiger partial charge in [0, 0.05) is 19.2 Å². The lowest BCUT2D eigenvalue weighted by molar-refractivity contribution is -0.385. The van der Waals surface area contributed by atoms with Crippen molar-refractivity contribution in [3.63, 3.8) is 0 Å². The Morgan fingerprint density at radius 2 is 2.29 bits per heavy atom. The summed E-state index contributed by atoms with van der Waals surface area (Å²) in [7, 11) is 1.42. The Morgan fingerprint density at radius 1 is 1.53 bits per heavy atom. The van der Waals surface area contributed by atoms with Gasteiger partial charge in [-0.05, 0) is 11.6 Å². The molecule has 1 aliphatic heterocycles. The number of nitrogens with zero attached hydrogens (tertiary/aromatic N) is 1. The lowest BCUT2D eigenvalue weighted by Gasteiger charge is -2.27. The maximum atomic E-state index is 10.8. The zero-order chi connectivity index (χ0) is 12.3. The van der Waals surface area contributed by atoms with E-state index in [1.54, 1.807) is 12.1 Å². The van der Waals surface area contributed by atoms with Crippen molar-refractivity contribution in [2.24, 2.45) is 0 Å². The van der Waals surface area contributed by atoms with Crippen LogP contribution in [0.4, 0.5) is 5.69 Å². The van der Waals surface area contributed by atoms with Crippen molar-refractivity contribution in [3.05, 3.63) is 33.9 Å². The fourth-order valence-corrected chi connectivity index (χ4v) is 1.56. The standard InChI is InChI=1S/C11H14N2O4/c1-16-11-3-2-8(4-10(11)13(14)15)7-17-9-5-12-6-9/h2-4,9,12H,5-7H2,1H3. The van der Waals surface area contributed by atoms with Crippen molar-refractivity contribution < 1.29 is 14.4 Å². The summed E-state index contributed by atoms with van der Waals surface area (Å²) in [6.07, 6.45) is 0.219. The molecule has 0 saturated carbocycles. The van der Waals surface area contributed by atoms with E-state index in [4.69, 9.17) is 9.47 Å². The van der Waals surface area contributed by atoms with Crippen LogP contribution in [-0.2, 0) is 11.3 Å². The molecule has 1 heterocycles. The first kappa shape index (κ1) is 11.8. The molecule has 0 radical (unpaired) electrons. The lowest BCUT2D eigenvalue weighted by Crippen LogP contribution is -2.48. The van der Waals surface area contributed by atoms with Gasteiger partial charge in [0.25, 0.3) is 0 Å². The van der Waals surface area contributed by atoms with E-state index in [1.807, 2.05) is 0 Å². The summed E-state index contributed by atoms with van der Waals surface area (Å²) in [6.45, 7) is 2.08. The third-order valence-electron chi connectivity index (χ3n) is 2.67. The Morgan fingerprint density at radius 3 is 2.82 bits per heavy atom. The van der Waals surface area contributed by atoms with Crippen LogP contribution in [-0.4, -0.2) is 31.2 Å². The summed E-state index contributed by atoms with van der Waals surface area (Å²) in [4.78, 5) is 10.4. The maximum Gasteiger partial charge on any atom is 0.311 e. The molecule has 1 N–H and O–H groups in total. The Labute approximate surface area is 98.7 Å². The molecule has 1 saturated heterocycles. The van der Waals surface area contributed by atoms with Crippen LogP contribution in [0, 0.1) is 10.1 Å². The number of nitro groups is 1. The molecule has 2 rings (SSSR count). The number of hydrogen-bond acceptors (Lipinski definition) is 5. The molecule has 6 nitrogen and oxygen atoms in total. The van der Waals surface area contributed by atoms with Gasteiger partial charge in [0.1, 0.15) is 0 Å². The minimum atomic E-state index is -0.451. The van der Waals surface area contributed by atoms with Crippen molar-refractivity contribution in [1.82, 2.24) is 5.32 Å². The minimum Gasteiger partial charge on any atom is -0.490 e. The maximum absolute atomic E-state index is 10.8. The highest BCUT2D eigenvalue weighted by Gasteiger charge is 2.19. The number of hydrogen-bond donors (Lipinski definition) is 1. The minimum absolute atomic E-state index is 0.0275. The highest BCUT2D eigenvalue weighted by molar-refractivity contribution is 5.48. The molecule has 0 amide bonds. The number of methoxy groups -OCH3 is 1. The van der Waals surface area contributed by atoms with Gasteiger partial charge in [-0.3, -0.25) is 10.1 Å². The Hall–Kier alpha value is -1.66. The molecule has 0 aromatic heterocycles. The van der Waals surface area contributed by atoms with E-state index in [0.29, 0.717) is 6.61 Å². The summed E-state index contributed by atoms with van der Waals surface area (Å²) in [5.41, 5.74) is 0.754. The van der Waals surface area contributed by atoms with E-state index in [9.17, 15) is 10.1 Å². The molecule has 1 fully saturated rings. The predicted molar refractivity (Wildman–Crippen MR) is 61.1 cm³/mol. The van der Waals surface area contributed by atoms with E-state index in [0.717, 1.165) is 18.7 Å². The molecule has 1 aliphatic rings. The summed E-state index contributed by atoms with van der Waals surface area (Å²) >= 11 is 0. The predicted octanol–water partition coefficient (Wildman–Crippen LogP) is 1.09. The molecule has 0 aliphatic carbocycles. The highest BCUT2D eigenvalue weighted by atomic mass is 16.6. The number of ether oxygens (including phenoxy) is 2. The fourth-order valence-electron chi connectivity index (χ4n) is 1.56. The molecular weight excluding hydrogens is 224 g/mol. The first-order chi connectivity index (χ1) is 8.20. The topological polar surface area (TPSA) is 73.6 Å². The number of rotatable bonds is 5. The first-order valence-electron chi connectivity index (χ1n) is 5.34. The molecule has 0 bridgehead atoms. The summed E-state index contributed by atoms with van der Waals surface area (Å²) < 4.78 is 10.5. The van der Waals surface area contributed by atoms with Crippen LogP contribution in [0.1, 0.15) is 5.56 Å². The second-order valence-electron chi connectivity index (χ2n) is 3.85. The quantitative estimate of drug-likeness (QED) is 0.614. The normalized spacial score (nSPS) is 15.4. The monoisotopic (exact) mass is 238 g/mol. The zero-order valence-electron chi connectivity index (χ0n) is 9.51. The second-order valence-corrected chi connectivity index (χ2v) is 3.85. The molecule has 0 unspecified atom stereocenters. The van der Waals surface area contributed by atoms with E-state index in [1.165, 1.54) is 13.2 Å². The van der Waals surface area contributed by atoms with E-state index in [-0.39, 0.29) is 17.5 Å². The van der Waals surface area contributed by atoms with E-state index >= 15 is 0 Å². The molecule has 17 heavy (non-hydrogen) atoms. The van der Waals surface area contributed by atoms with E-state index in [2.05, 4.69) is 5.32 Å². The van der Waals surface area contributed by atoms with Gasteiger partial charge < -0.3 is 14.8 Å². The van der Waals surface area contributed by atoms with Crippen molar-refractivity contribution in [2.75, 3.05) is 20.2 Å². The molecule has 1 aromatic rings. The van der Waals surface area contributed by atoms with Crippen molar-refractivity contribution in [2.45, 2.75) is 12.7 Å². The van der Waals surface area contributed by atoms with Gasteiger partial charge in [-0.15, -0.1) is 0 Å². The number of nitro benzene ring substituents is 1. The molecule has 0 atom stereocenters. The summed E-state index contributed by atoms with van der Waals surface area (Å²) in [5.74, 6) is 0.268. The average molecular weight is 238 g/mol.